The third-order valence-electron chi connectivity index (χ3n) is 3.80. The molecule has 3 rings (SSSR count). The minimum atomic E-state index is 0.254. The molecule has 2 aromatic rings. The van der Waals surface area contributed by atoms with Gasteiger partial charge in [-0.25, -0.2) is 4.98 Å². The predicted molar refractivity (Wildman–Crippen MR) is 83.7 cm³/mol. The highest BCUT2D eigenvalue weighted by Gasteiger charge is 2.14. The number of ether oxygens (including phenoxy) is 1. The van der Waals surface area contributed by atoms with Gasteiger partial charge in [0, 0.05) is 25.3 Å². The van der Waals surface area contributed by atoms with Gasteiger partial charge in [-0.15, -0.1) is 0 Å². The lowest BCUT2D eigenvalue weighted by atomic mass is 10.0. The number of pyridine rings is 1. The molecule has 118 valence electrons. The largest absolute Gasteiger partial charge is 0.381 e. The molecule has 3 heterocycles. The van der Waals surface area contributed by atoms with Gasteiger partial charge in [0.2, 0.25) is 0 Å². The minimum absolute atomic E-state index is 0.254. The molecule has 0 aliphatic carbocycles. The van der Waals surface area contributed by atoms with E-state index >= 15 is 0 Å². The average Bonchev–Trinajstić information content (AvgIpc) is 3.05. The highest BCUT2D eigenvalue weighted by Crippen LogP contribution is 2.20. The van der Waals surface area contributed by atoms with Gasteiger partial charge < -0.3 is 14.6 Å². The molecule has 0 aromatic carbocycles. The molecule has 1 saturated heterocycles. The normalized spacial score (nSPS) is 18.6. The van der Waals surface area contributed by atoms with Gasteiger partial charge in [-0.3, -0.25) is 0 Å². The van der Waals surface area contributed by atoms with Gasteiger partial charge in [0.1, 0.15) is 5.82 Å². The monoisotopic (exact) mass is 302 g/mol. The van der Waals surface area contributed by atoms with Crippen molar-refractivity contribution in [1.82, 2.24) is 15.1 Å². The molecule has 1 fully saturated rings. The lowest BCUT2D eigenvalue weighted by Crippen LogP contribution is -2.24. The smallest absolute Gasteiger partial charge is 0.259 e. The second-order valence-electron chi connectivity index (χ2n) is 6.01. The van der Waals surface area contributed by atoms with Crippen molar-refractivity contribution in [2.24, 2.45) is 5.92 Å². The molecule has 2 aromatic heterocycles. The minimum Gasteiger partial charge on any atom is -0.381 e. The summed E-state index contributed by atoms with van der Waals surface area (Å²) in [7, 11) is 0. The van der Waals surface area contributed by atoms with Crippen LogP contribution in [0.3, 0.4) is 0 Å². The quantitative estimate of drug-likeness (QED) is 0.915. The van der Waals surface area contributed by atoms with E-state index in [1.165, 1.54) is 6.42 Å². The van der Waals surface area contributed by atoms with E-state index in [1.807, 2.05) is 26.0 Å². The molecule has 6 heteroatoms. The zero-order chi connectivity index (χ0) is 15.4. The van der Waals surface area contributed by atoms with Gasteiger partial charge in [0.05, 0.1) is 12.2 Å². The first-order chi connectivity index (χ1) is 10.7. The van der Waals surface area contributed by atoms with E-state index in [1.54, 1.807) is 6.20 Å². The molecule has 0 amide bonds. The van der Waals surface area contributed by atoms with Crippen LogP contribution in [0.2, 0.25) is 0 Å². The molecule has 1 N–H and O–H groups in total. The van der Waals surface area contributed by atoms with Crippen molar-refractivity contribution in [1.29, 1.82) is 0 Å². The summed E-state index contributed by atoms with van der Waals surface area (Å²) >= 11 is 0. The maximum Gasteiger partial charge on any atom is 0.259 e. The molecule has 22 heavy (non-hydrogen) atoms. The standard InChI is InChI=1S/C16H22N4O2/c1-11(2)15-19-16(22-20-15)13-5-6-14(18-9-13)17-8-12-4-3-7-21-10-12/h5-6,9,11-12H,3-4,7-8,10H2,1-2H3,(H,17,18). The molecular weight excluding hydrogens is 280 g/mol. The summed E-state index contributed by atoms with van der Waals surface area (Å²) < 4.78 is 10.7. The Hall–Kier alpha value is -1.95. The number of hydrogen-bond donors (Lipinski definition) is 1. The highest BCUT2D eigenvalue weighted by molar-refractivity contribution is 5.54. The van der Waals surface area contributed by atoms with Crippen molar-refractivity contribution in [3.63, 3.8) is 0 Å². The van der Waals surface area contributed by atoms with Crippen molar-refractivity contribution < 1.29 is 9.26 Å². The Morgan fingerprint density at radius 3 is 2.91 bits per heavy atom. The first kappa shape index (κ1) is 15.0. The zero-order valence-corrected chi connectivity index (χ0v) is 13.1. The summed E-state index contributed by atoms with van der Waals surface area (Å²) in [5.41, 5.74) is 0.839. The van der Waals surface area contributed by atoms with Gasteiger partial charge >= 0.3 is 0 Å². The van der Waals surface area contributed by atoms with Crippen LogP contribution in [0.15, 0.2) is 22.9 Å². The van der Waals surface area contributed by atoms with Gasteiger partial charge in [-0.1, -0.05) is 19.0 Å². The van der Waals surface area contributed by atoms with Crippen LogP contribution in [-0.2, 0) is 4.74 Å². The van der Waals surface area contributed by atoms with E-state index in [4.69, 9.17) is 9.26 Å². The summed E-state index contributed by atoms with van der Waals surface area (Å²) in [6.07, 6.45) is 4.12. The maximum absolute atomic E-state index is 5.48. The van der Waals surface area contributed by atoms with E-state index < -0.39 is 0 Å². The SMILES string of the molecule is CC(C)c1noc(-c2ccc(NCC3CCCOC3)nc2)n1. The Balaban J connectivity index is 1.59. The lowest BCUT2D eigenvalue weighted by Gasteiger charge is -2.22. The highest BCUT2D eigenvalue weighted by atomic mass is 16.5. The van der Waals surface area contributed by atoms with Crippen LogP contribution >= 0.6 is 0 Å². The van der Waals surface area contributed by atoms with E-state index in [9.17, 15) is 0 Å². The van der Waals surface area contributed by atoms with Crippen molar-refractivity contribution in [3.8, 4) is 11.5 Å². The van der Waals surface area contributed by atoms with Gasteiger partial charge in [0.25, 0.3) is 5.89 Å². The third-order valence-corrected chi connectivity index (χ3v) is 3.80. The molecule has 1 unspecified atom stereocenters. The summed E-state index contributed by atoms with van der Waals surface area (Å²) in [4.78, 5) is 8.79. The van der Waals surface area contributed by atoms with Crippen molar-refractivity contribution in [2.45, 2.75) is 32.6 Å². The summed E-state index contributed by atoms with van der Waals surface area (Å²) in [5.74, 6) is 2.92. The van der Waals surface area contributed by atoms with E-state index in [-0.39, 0.29) is 5.92 Å². The first-order valence-corrected chi connectivity index (χ1v) is 7.84. The fourth-order valence-electron chi connectivity index (χ4n) is 2.43. The van der Waals surface area contributed by atoms with Gasteiger partial charge in [0.15, 0.2) is 5.82 Å². The first-order valence-electron chi connectivity index (χ1n) is 7.84. The van der Waals surface area contributed by atoms with Crippen molar-refractivity contribution in [2.75, 3.05) is 25.1 Å². The van der Waals surface area contributed by atoms with Crippen LogP contribution in [-0.4, -0.2) is 34.9 Å². The van der Waals surface area contributed by atoms with E-state index in [2.05, 4.69) is 20.4 Å². The van der Waals surface area contributed by atoms with Crippen LogP contribution < -0.4 is 5.32 Å². The summed E-state index contributed by atoms with van der Waals surface area (Å²) in [6.45, 7) is 6.70. The molecule has 0 radical (unpaired) electrons. The third kappa shape index (κ3) is 3.62. The van der Waals surface area contributed by atoms with Gasteiger partial charge in [-0.2, -0.15) is 4.98 Å². The van der Waals surface area contributed by atoms with Crippen LogP contribution in [0.1, 0.15) is 38.4 Å². The molecular formula is C16H22N4O2. The number of anilines is 1. The molecule has 1 aliphatic heterocycles. The van der Waals surface area contributed by atoms with Crippen LogP contribution in [0, 0.1) is 5.92 Å². The number of nitrogens with one attached hydrogen (secondary N) is 1. The average molecular weight is 302 g/mol. The predicted octanol–water partition coefficient (Wildman–Crippen LogP) is 3.09. The van der Waals surface area contributed by atoms with Gasteiger partial charge in [-0.05, 0) is 30.9 Å². The Bertz CT molecular complexity index is 588. The molecule has 6 nitrogen and oxygen atoms in total. The van der Waals surface area contributed by atoms with Crippen LogP contribution in [0.5, 0.6) is 0 Å². The second-order valence-corrected chi connectivity index (χ2v) is 6.01. The Morgan fingerprint density at radius 1 is 1.36 bits per heavy atom. The lowest BCUT2D eigenvalue weighted by molar-refractivity contribution is 0.0595. The van der Waals surface area contributed by atoms with E-state index in [0.717, 1.165) is 43.4 Å². The summed E-state index contributed by atoms with van der Waals surface area (Å²) in [5, 5.41) is 7.33. The van der Waals surface area contributed by atoms with Crippen molar-refractivity contribution in [3.05, 3.63) is 24.2 Å². The number of nitrogens with zero attached hydrogens (tertiary/aromatic N) is 3. The fraction of sp³-hybridized carbons (Fsp3) is 0.562. The van der Waals surface area contributed by atoms with Crippen LogP contribution in [0.25, 0.3) is 11.5 Å². The van der Waals surface area contributed by atoms with E-state index in [0.29, 0.717) is 11.8 Å². The zero-order valence-electron chi connectivity index (χ0n) is 13.1. The van der Waals surface area contributed by atoms with Crippen LogP contribution in [0.4, 0.5) is 5.82 Å². The maximum atomic E-state index is 5.48. The fourth-order valence-corrected chi connectivity index (χ4v) is 2.43. The van der Waals surface area contributed by atoms with Crippen molar-refractivity contribution >= 4 is 5.82 Å². The number of hydrogen-bond acceptors (Lipinski definition) is 6. The number of rotatable bonds is 5. The second kappa shape index (κ2) is 6.87. The Kier molecular flexibility index (Phi) is 4.68. The molecule has 0 bridgehead atoms. The Morgan fingerprint density at radius 2 is 2.27 bits per heavy atom. The summed E-state index contributed by atoms with van der Waals surface area (Å²) in [6, 6.07) is 3.89. The molecule has 0 saturated carbocycles. The Labute approximate surface area is 130 Å². The topological polar surface area (TPSA) is 73.1 Å². The number of aromatic nitrogens is 3. The molecule has 1 aliphatic rings. The molecule has 1 atom stereocenters. The molecule has 0 spiro atoms.